The molecule has 0 aromatic heterocycles. The topological polar surface area (TPSA) is 57.2 Å². The highest BCUT2D eigenvalue weighted by molar-refractivity contribution is 5.53. The average Bonchev–Trinajstić information content (AvgIpc) is 2.82. The number of hydrogen-bond acceptors (Lipinski definition) is 5. The van der Waals surface area contributed by atoms with Gasteiger partial charge in [0.1, 0.15) is 0 Å². The van der Waals surface area contributed by atoms with E-state index in [0.29, 0.717) is 36.2 Å². The summed E-state index contributed by atoms with van der Waals surface area (Å²) in [6, 6.07) is 3.87. The maximum Gasteiger partial charge on any atom is 0.203 e. The Morgan fingerprint density at radius 1 is 1.16 bits per heavy atom. The molecule has 1 aliphatic heterocycles. The first kappa shape index (κ1) is 14.0. The molecule has 5 heteroatoms. The van der Waals surface area contributed by atoms with Crippen molar-refractivity contribution >= 4 is 0 Å². The summed E-state index contributed by atoms with van der Waals surface area (Å²) in [6.45, 7) is 0.581. The van der Waals surface area contributed by atoms with Gasteiger partial charge in [-0.3, -0.25) is 0 Å². The third-order valence-corrected chi connectivity index (χ3v) is 3.31. The first-order valence-corrected chi connectivity index (χ1v) is 6.26. The van der Waals surface area contributed by atoms with Crippen LogP contribution in [0.15, 0.2) is 12.1 Å². The number of benzene rings is 1. The van der Waals surface area contributed by atoms with E-state index in [2.05, 4.69) is 0 Å². The van der Waals surface area contributed by atoms with E-state index in [1.54, 1.807) is 21.3 Å². The summed E-state index contributed by atoms with van der Waals surface area (Å²) in [4.78, 5) is 0. The fourth-order valence-corrected chi connectivity index (χ4v) is 2.40. The van der Waals surface area contributed by atoms with E-state index >= 15 is 0 Å². The van der Waals surface area contributed by atoms with Crippen LogP contribution in [0.5, 0.6) is 17.2 Å². The zero-order valence-corrected chi connectivity index (χ0v) is 11.5. The van der Waals surface area contributed by atoms with Gasteiger partial charge in [0.05, 0.1) is 27.9 Å². The molecular weight excluding hydrogens is 248 g/mol. The predicted molar refractivity (Wildman–Crippen MR) is 69.9 cm³/mol. The molecule has 0 saturated carbocycles. The Kier molecular flexibility index (Phi) is 4.50. The van der Waals surface area contributed by atoms with Crippen molar-refractivity contribution in [1.82, 2.24) is 0 Å². The van der Waals surface area contributed by atoms with E-state index in [-0.39, 0.29) is 0 Å². The molecule has 5 nitrogen and oxygen atoms in total. The molecule has 2 atom stereocenters. The van der Waals surface area contributed by atoms with Gasteiger partial charge in [0, 0.05) is 6.42 Å². The number of aliphatic hydroxyl groups excluding tert-OH is 1. The molecule has 1 aromatic carbocycles. The fourth-order valence-electron chi connectivity index (χ4n) is 2.40. The summed E-state index contributed by atoms with van der Waals surface area (Å²) >= 11 is 0. The Bertz CT molecular complexity index is 407. The van der Waals surface area contributed by atoms with E-state index in [1.165, 1.54) is 0 Å². The molecule has 1 saturated heterocycles. The van der Waals surface area contributed by atoms with E-state index in [1.807, 2.05) is 12.1 Å². The number of ether oxygens (including phenoxy) is 4. The lowest BCUT2D eigenvalue weighted by atomic mass is 9.98. The minimum atomic E-state index is -0.632. The molecule has 2 rings (SSSR count). The van der Waals surface area contributed by atoms with Crippen LogP contribution in [-0.4, -0.2) is 39.3 Å². The van der Waals surface area contributed by atoms with Gasteiger partial charge in [0.25, 0.3) is 0 Å². The molecule has 0 radical (unpaired) electrons. The second kappa shape index (κ2) is 6.12. The molecule has 0 spiro atoms. The van der Waals surface area contributed by atoms with Crippen LogP contribution in [-0.2, 0) is 11.2 Å². The van der Waals surface area contributed by atoms with Gasteiger partial charge in [-0.1, -0.05) is 0 Å². The minimum absolute atomic E-state index is 0.317. The first-order valence-electron chi connectivity index (χ1n) is 6.26. The number of hydrogen-bond donors (Lipinski definition) is 1. The lowest BCUT2D eigenvalue weighted by Gasteiger charge is -2.15. The fraction of sp³-hybridized carbons (Fsp3) is 0.571. The zero-order chi connectivity index (χ0) is 13.8. The van der Waals surface area contributed by atoms with E-state index in [9.17, 15) is 5.11 Å². The van der Waals surface area contributed by atoms with Crippen molar-refractivity contribution in [3.63, 3.8) is 0 Å². The van der Waals surface area contributed by atoms with Gasteiger partial charge >= 0.3 is 0 Å². The quantitative estimate of drug-likeness (QED) is 0.879. The molecule has 1 aliphatic rings. The van der Waals surface area contributed by atoms with Gasteiger partial charge in [-0.25, -0.2) is 0 Å². The highest BCUT2D eigenvalue weighted by Gasteiger charge is 2.24. The Balaban J connectivity index is 2.21. The van der Waals surface area contributed by atoms with E-state index < -0.39 is 6.29 Å². The molecule has 1 fully saturated rings. The van der Waals surface area contributed by atoms with Crippen LogP contribution < -0.4 is 14.2 Å². The summed E-state index contributed by atoms with van der Waals surface area (Å²) in [5, 5.41) is 9.37. The van der Waals surface area contributed by atoms with E-state index in [0.717, 1.165) is 12.0 Å². The molecule has 1 heterocycles. The van der Waals surface area contributed by atoms with Crippen molar-refractivity contribution in [2.24, 2.45) is 5.92 Å². The van der Waals surface area contributed by atoms with Gasteiger partial charge in [-0.2, -0.15) is 0 Å². The van der Waals surface area contributed by atoms with Gasteiger partial charge in [-0.15, -0.1) is 0 Å². The average molecular weight is 268 g/mol. The molecule has 1 unspecified atom stereocenters. The van der Waals surface area contributed by atoms with Crippen LogP contribution in [0.4, 0.5) is 0 Å². The van der Waals surface area contributed by atoms with Crippen molar-refractivity contribution in [2.45, 2.75) is 19.1 Å². The second-order valence-corrected chi connectivity index (χ2v) is 4.63. The first-order chi connectivity index (χ1) is 9.17. The second-order valence-electron chi connectivity index (χ2n) is 4.63. The van der Waals surface area contributed by atoms with Gasteiger partial charge in [0.2, 0.25) is 5.75 Å². The van der Waals surface area contributed by atoms with Crippen LogP contribution in [0.25, 0.3) is 0 Å². The lowest BCUT2D eigenvalue weighted by Crippen LogP contribution is -2.06. The van der Waals surface area contributed by atoms with Gasteiger partial charge < -0.3 is 24.1 Å². The van der Waals surface area contributed by atoms with Crippen molar-refractivity contribution in [2.75, 3.05) is 27.9 Å². The summed E-state index contributed by atoms with van der Waals surface area (Å²) in [5.74, 6) is 2.21. The number of methoxy groups -OCH3 is 3. The molecule has 19 heavy (non-hydrogen) atoms. The van der Waals surface area contributed by atoms with Crippen molar-refractivity contribution in [3.8, 4) is 17.2 Å². The normalized spacial score (nSPS) is 22.3. The highest BCUT2D eigenvalue weighted by atomic mass is 16.6. The summed E-state index contributed by atoms with van der Waals surface area (Å²) in [6.07, 6.45) is 0.844. The molecule has 0 aliphatic carbocycles. The Morgan fingerprint density at radius 3 is 2.21 bits per heavy atom. The minimum Gasteiger partial charge on any atom is -0.493 e. The Hall–Kier alpha value is -1.46. The molecular formula is C14H20O5. The largest absolute Gasteiger partial charge is 0.493 e. The van der Waals surface area contributed by atoms with Crippen molar-refractivity contribution in [1.29, 1.82) is 0 Å². The zero-order valence-electron chi connectivity index (χ0n) is 11.5. The summed E-state index contributed by atoms with van der Waals surface area (Å²) in [5.41, 5.74) is 1.08. The molecule has 1 aromatic rings. The Morgan fingerprint density at radius 2 is 1.79 bits per heavy atom. The maximum atomic E-state index is 9.37. The Labute approximate surface area is 113 Å². The standard InChI is InChI=1S/C14H20O5/c1-16-11-5-9(4-10-7-13(15)19-8-10)6-12(17-2)14(11)18-3/h5-6,10,13,15H,4,7-8H2,1-3H3/t10-,13?/m0/s1. The van der Waals surface area contributed by atoms with Gasteiger partial charge in [-0.05, 0) is 30.0 Å². The molecule has 106 valence electrons. The molecule has 0 amide bonds. The summed E-state index contributed by atoms with van der Waals surface area (Å²) in [7, 11) is 4.79. The number of aliphatic hydroxyl groups is 1. The van der Waals surface area contributed by atoms with E-state index in [4.69, 9.17) is 18.9 Å². The monoisotopic (exact) mass is 268 g/mol. The highest BCUT2D eigenvalue weighted by Crippen LogP contribution is 2.39. The lowest BCUT2D eigenvalue weighted by molar-refractivity contribution is -0.0591. The van der Waals surface area contributed by atoms with Gasteiger partial charge in [0.15, 0.2) is 17.8 Å². The van der Waals surface area contributed by atoms with Crippen molar-refractivity contribution in [3.05, 3.63) is 17.7 Å². The SMILES string of the molecule is COc1cc(C[C@@H]2COC(O)C2)cc(OC)c1OC. The third kappa shape index (κ3) is 3.11. The van der Waals surface area contributed by atoms with Crippen LogP contribution in [0.1, 0.15) is 12.0 Å². The summed E-state index contributed by atoms with van der Waals surface area (Å²) < 4.78 is 21.1. The van der Waals surface area contributed by atoms with Crippen molar-refractivity contribution < 1.29 is 24.1 Å². The van der Waals surface area contributed by atoms with Crippen LogP contribution >= 0.6 is 0 Å². The smallest absolute Gasteiger partial charge is 0.203 e. The van der Waals surface area contributed by atoms with Crippen LogP contribution in [0.2, 0.25) is 0 Å². The van der Waals surface area contributed by atoms with Crippen LogP contribution in [0.3, 0.4) is 0 Å². The third-order valence-electron chi connectivity index (χ3n) is 3.31. The molecule has 1 N–H and O–H groups in total. The molecule has 0 bridgehead atoms. The van der Waals surface area contributed by atoms with Crippen LogP contribution in [0, 0.1) is 5.92 Å². The predicted octanol–water partition coefficient (Wildman–Crippen LogP) is 1.61. The maximum absolute atomic E-state index is 9.37. The number of rotatable bonds is 5.